The van der Waals surface area contributed by atoms with Crippen molar-refractivity contribution in [3.8, 4) is 11.4 Å². The first-order valence-corrected chi connectivity index (χ1v) is 6.73. The lowest BCUT2D eigenvalue weighted by Crippen LogP contribution is -2.06. The van der Waals surface area contributed by atoms with Gasteiger partial charge in [0, 0.05) is 18.3 Å². The van der Waals surface area contributed by atoms with Gasteiger partial charge in [0.05, 0.1) is 5.69 Å². The summed E-state index contributed by atoms with van der Waals surface area (Å²) in [4.78, 5) is 16.0. The molecule has 0 spiro atoms. The van der Waals surface area contributed by atoms with E-state index in [4.69, 9.17) is 4.52 Å². The molecule has 0 radical (unpaired) electrons. The SMILES string of the molecule is O=C(/C=C/c1ccccc1)Nc1cc(-c2ccccn2)no1. The highest BCUT2D eigenvalue weighted by molar-refractivity contribution is 6.01. The molecule has 0 aliphatic heterocycles. The first-order chi connectivity index (χ1) is 10.8. The van der Waals surface area contributed by atoms with Gasteiger partial charge in [0.1, 0.15) is 5.69 Å². The summed E-state index contributed by atoms with van der Waals surface area (Å²) in [7, 11) is 0. The van der Waals surface area contributed by atoms with E-state index in [0.29, 0.717) is 11.4 Å². The summed E-state index contributed by atoms with van der Waals surface area (Å²) in [6.45, 7) is 0. The summed E-state index contributed by atoms with van der Waals surface area (Å²) >= 11 is 0. The topological polar surface area (TPSA) is 68.0 Å². The Hall–Kier alpha value is -3.21. The first kappa shape index (κ1) is 13.8. The van der Waals surface area contributed by atoms with Crippen LogP contribution in [0.1, 0.15) is 5.56 Å². The van der Waals surface area contributed by atoms with Gasteiger partial charge in [-0.25, -0.2) is 0 Å². The van der Waals surface area contributed by atoms with Crippen LogP contribution < -0.4 is 5.32 Å². The van der Waals surface area contributed by atoms with Gasteiger partial charge in [0.25, 0.3) is 5.91 Å². The van der Waals surface area contributed by atoms with E-state index in [1.54, 1.807) is 18.3 Å². The maximum atomic E-state index is 11.8. The van der Waals surface area contributed by atoms with E-state index in [2.05, 4.69) is 15.5 Å². The van der Waals surface area contributed by atoms with Crippen molar-refractivity contribution in [3.63, 3.8) is 0 Å². The summed E-state index contributed by atoms with van der Waals surface area (Å²) in [5.74, 6) is -0.00376. The van der Waals surface area contributed by atoms with E-state index in [1.165, 1.54) is 6.08 Å². The summed E-state index contributed by atoms with van der Waals surface area (Å²) in [5, 5.41) is 6.50. The fraction of sp³-hybridized carbons (Fsp3) is 0. The second kappa shape index (κ2) is 6.49. The third-order valence-corrected chi connectivity index (χ3v) is 2.91. The average Bonchev–Trinajstić information content (AvgIpc) is 3.03. The molecule has 0 saturated heterocycles. The highest BCUT2D eigenvalue weighted by Crippen LogP contribution is 2.19. The molecule has 1 N–H and O–H groups in total. The van der Waals surface area contributed by atoms with E-state index in [1.807, 2.05) is 48.5 Å². The number of anilines is 1. The first-order valence-electron chi connectivity index (χ1n) is 6.73. The van der Waals surface area contributed by atoms with E-state index < -0.39 is 0 Å². The number of hydrogen-bond donors (Lipinski definition) is 1. The molecule has 0 unspecified atom stereocenters. The zero-order valence-corrected chi connectivity index (χ0v) is 11.6. The molecule has 3 aromatic rings. The molecule has 3 rings (SSSR count). The number of nitrogens with zero attached hydrogens (tertiary/aromatic N) is 2. The van der Waals surface area contributed by atoms with Crippen LogP contribution in [0.25, 0.3) is 17.5 Å². The number of pyridine rings is 1. The van der Waals surface area contributed by atoms with Crippen molar-refractivity contribution >= 4 is 17.9 Å². The summed E-state index contributed by atoms with van der Waals surface area (Å²) in [6, 6.07) is 16.7. The minimum Gasteiger partial charge on any atom is -0.338 e. The lowest BCUT2D eigenvalue weighted by Gasteiger charge is -1.95. The largest absolute Gasteiger partial charge is 0.338 e. The molecule has 0 aliphatic carbocycles. The number of benzene rings is 1. The molecule has 0 atom stereocenters. The maximum Gasteiger partial charge on any atom is 0.250 e. The van der Waals surface area contributed by atoms with Crippen LogP contribution in [-0.4, -0.2) is 16.0 Å². The standard InChI is InChI=1S/C17H13N3O2/c21-16(10-9-13-6-2-1-3-7-13)19-17-12-15(20-22-17)14-8-4-5-11-18-14/h1-12H,(H,19,21)/b10-9+. The van der Waals surface area contributed by atoms with E-state index in [0.717, 1.165) is 5.56 Å². The molecule has 1 amide bonds. The Bertz CT molecular complexity index is 780. The van der Waals surface area contributed by atoms with Crippen molar-refractivity contribution in [1.82, 2.24) is 10.1 Å². The third kappa shape index (κ3) is 3.46. The van der Waals surface area contributed by atoms with Crippen molar-refractivity contribution in [2.24, 2.45) is 0 Å². The number of nitrogens with one attached hydrogen (secondary N) is 1. The Morgan fingerprint density at radius 1 is 1.05 bits per heavy atom. The monoisotopic (exact) mass is 291 g/mol. The Labute approximate surface area is 127 Å². The maximum absolute atomic E-state index is 11.8. The highest BCUT2D eigenvalue weighted by atomic mass is 16.5. The number of aromatic nitrogens is 2. The van der Waals surface area contributed by atoms with Crippen LogP contribution in [0.5, 0.6) is 0 Å². The van der Waals surface area contributed by atoms with E-state index in [-0.39, 0.29) is 11.8 Å². The van der Waals surface area contributed by atoms with Gasteiger partial charge in [0.2, 0.25) is 5.88 Å². The number of hydrogen-bond acceptors (Lipinski definition) is 4. The van der Waals surface area contributed by atoms with Crippen molar-refractivity contribution in [3.05, 3.63) is 72.4 Å². The van der Waals surface area contributed by atoms with Gasteiger partial charge in [-0.1, -0.05) is 41.6 Å². The number of carbonyl (C=O) groups excluding carboxylic acids is 1. The van der Waals surface area contributed by atoms with Crippen LogP contribution >= 0.6 is 0 Å². The average molecular weight is 291 g/mol. The Kier molecular flexibility index (Phi) is 4.06. The predicted octanol–water partition coefficient (Wildman–Crippen LogP) is 3.39. The lowest BCUT2D eigenvalue weighted by atomic mass is 10.2. The Morgan fingerprint density at radius 3 is 2.64 bits per heavy atom. The van der Waals surface area contributed by atoms with Crippen molar-refractivity contribution in [2.75, 3.05) is 5.32 Å². The molecule has 5 nitrogen and oxygen atoms in total. The molecule has 0 saturated carbocycles. The zero-order valence-electron chi connectivity index (χ0n) is 11.6. The third-order valence-electron chi connectivity index (χ3n) is 2.91. The van der Waals surface area contributed by atoms with Gasteiger partial charge in [-0.3, -0.25) is 15.1 Å². The van der Waals surface area contributed by atoms with E-state index >= 15 is 0 Å². The Morgan fingerprint density at radius 2 is 1.86 bits per heavy atom. The van der Waals surface area contributed by atoms with Gasteiger partial charge in [-0.05, 0) is 23.8 Å². The Balaban J connectivity index is 1.65. The molecule has 0 bridgehead atoms. The van der Waals surface area contributed by atoms with Gasteiger partial charge >= 0.3 is 0 Å². The molecule has 0 fully saturated rings. The smallest absolute Gasteiger partial charge is 0.250 e. The van der Waals surface area contributed by atoms with Gasteiger partial charge in [-0.15, -0.1) is 0 Å². The van der Waals surface area contributed by atoms with Crippen molar-refractivity contribution in [2.45, 2.75) is 0 Å². The fourth-order valence-electron chi connectivity index (χ4n) is 1.87. The van der Waals surface area contributed by atoms with Crippen molar-refractivity contribution < 1.29 is 9.32 Å². The minimum atomic E-state index is -0.285. The quantitative estimate of drug-likeness (QED) is 0.748. The molecular formula is C17H13N3O2. The van der Waals surface area contributed by atoms with Gasteiger partial charge in [0.15, 0.2) is 0 Å². The molecule has 0 aliphatic rings. The molecule has 1 aromatic carbocycles. The van der Waals surface area contributed by atoms with Crippen LogP contribution in [0.4, 0.5) is 5.88 Å². The van der Waals surface area contributed by atoms with Gasteiger partial charge < -0.3 is 4.52 Å². The van der Waals surface area contributed by atoms with Crippen LogP contribution in [0.3, 0.4) is 0 Å². The van der Waals surface area contributed by atoms with Crippen LogP contribution in [-0.2, 0) is 4.79 Å². The summed E-state index contributed by atoms with van der Waals surface area (Å²) in [6.07, 6.45) is 4.84. The molecule has 2 aromatic heterocycles. The van der Waals surface area contributed by atoms with Crippen molar-refractivity contribution in [1.29, 1.82) is 0 Å². The van der Waals surface area contributed by atoms with Crippen LogP contribution in [0, 0.1) is 0 Å². The molecular weight excluding hydrogens is 278 g/mol. The molecule has 22 heavy (non-hydrogen) atoms. The molecule has 5 heteroatoms. The predicted molar refractivity (Wildman–Crippen MR) is 83.8 cm³/mol. The van der Waals surface area contributed by atoms with Gasteiger partial charge in [-0.2, -0.15) is 0 Å². The van der Waals surface area contributed by atoms with Crippen LogP contribution in [0.2, 0.25) is 0 Å². The fourth-order valence-corrected chi connectivity index (χ4v) is 1.87. The second-order valence-electron chi connectivity index (χ2n) is 4.52. The highest BCUT2D eigenvalue weighted by Gasteiger charge is 2.08. The van der Waals surface area contributed by atoms with Crippen LogP contribution in [0.15, 0.2) is 71.4 Å². The summed E-state index contributed by atoms with van der Waals surface area (Å²) in [5.41, 5.74) is 2.21. The van der Waals surface area contributed by atoms with E-state index in [9.17, 15) is 4.79 Å². The molecule has 2 heterocycles. The number of amides is 1. The number of carbonyl (C=O) groups is 1. The number of rotatable bonds is 4. The normalized spacial score (nSPS) is 10.7. The lowest BCUT2D eigenvalue weighted by molar-refractivity contribution is -0.112. The summed E-state index contributed by atoms with van der Waals surface area (Å²) < 4.78 is 5.09. The zero-order chi connectivity index (χ0) is 15.2. The second-order valence-corrected chi connectivity index (χ2v) is 4.52. The minimum absolute atomic E-state index is 0.281. The molecule has 108 valence electrons.